The normalized spacial score (nSPS) is 10.3. The molecule has 1 aromatic carbocycles. The van der Waals surface area contributed by atoms with Crippen molar-refractivity contribution in [2.45, 2.75) is 58.3 Å². The Morgan fingerprint density at radius 3 is 2.04 bits per heavy atom. The standard InChI is InChI=1S/C19H28O4/c1-2-3-4-8-15-22-18(20)13-14-19(21)23-16-9-12-17-10-6-5-7-11-17/h5-7,10-11H,2-4,8-9,12-16H2,1H3. The van der Waals surface area contributed by atoms with Crippen LogP contribution in [0.25, 0.3) is 0 Å². The summed E-state index contributed by atoms with van der Waals surface area (Å²) in [6.45, 7) is 2.97. The van der Waals surface area contributed by atoms with Gasteiger partial charge in [0.1, 0.15) is 0 Å². The second-order valence-corrected chi connectivity index (χ2v) is 5.59. The highest BCUT2D eigenvalue weighted by atomic mass is 16.5. The molecule has 0 heterocycles. The van der Waals surface area contributed by atoms with E-state index in [1.54, 1.807) is 0 Å². The lowest BCUT2D eigenvalue weighted by molar-refractivity contribution is -0.150. The van der Waals surface area contributed by atoms with Crippen molar-refractivity contribution in [3.8, 4) is 0 Å². The van der Waals surface area contributed by atoms with E-state index in [2.05, 4.69) is 19.1 Å². The Hall–Kier alpha value is -1.84. The number of esters is 2. The molecule has 0 aliphatic heterocycles. The maximum absolute atomic E-state index is 11.5. The van der Waals surface area contributed by atoms with Gasteiger partial charge in [-0.25, -0.2) is 0 Å². The van der Waals surface area contributed by atoms with Crippen molar-refractivity contribution in [2.24, 2.45) is 0 Å². The fourth-order valence-electron chi connectivity index (χ4n) is 2.17. The van der Waals surface area contributed by atoms with Crippen LogP contribution in [0.3, 0.4) is 0 Å². The topological polar surface area (TPSA) is 52.6 Å². The number of hydrogen-bond donors (Lipinski definition) is 0. The van der Waals surface area contributed by atoms with Crippen molar-refractivity contribution >= 4 is 11.9 Å². The van der Waals surface area contributed by atoms with Crippen LogP contribution < -0.4 is 0 Å². The van der Waals surface area contributed by atoms with Crippen molar-refractivity contribution in [1.29, 1.82) is 0 Å². The third-order valence-electron chi connectivity index (χ3n) is 3.51. The molecule has 0 aliphatic carbocycles. The van der Waals surface area contributed by atoms with E-state index in [-0.39, 0.29) is 24.8 Å². The Labute approximate surface area is 139 Å². The van der Waals surface area contributed by atoms with E-state index in [0.29, 0.717) is 13.2 Å². The zero-order valence-electron chi connectivity index (χ0n) is 14.1. The maximum atomic E-state index is 11.5. The monoisotopic (exact) mass is 320 g/mol. The van der Waals surface area contributed by atoms with Crippen molar-refractivity contribution in [3.63, 3.8) is 0 Å². The number of carbonyl (C=O) groups excluding carboxylic acids is 2. The molecular formula is C19H28O4. The number of carbonyl (C=O) groups is 2. The summed E-state index contributed by atoms with van der Waals surface area (Å²) >= 11 is 0. The van der Waals surface area contributed by atoms with E-state index in [1.165, 1.54) is 5.56 Å². The molecule has 4 heteroatoms. The Morgan fingerprint density at radius 2 is 1.43 bits per heavy atom. The summed E-state index contributed by atoms with van der Waals surface area (Å²) in [4.78, 5) is 23.0. The molecule has 0 aromatic heterocycles. The number of hydrogen-bond acceptors (Lipinski definition) is 4. The minimum atomic E-state index is -0.332. The van der Waals surface area contributed by atoms with E-state index < -0.39 is 0 Å². The Balaban J connectivity index is 1.98. The molecule has 4 nitrogen and oxygen atoms in total. The quantitative estimate of drug-likeness (QED) is 0.430. The fourth-order valence-corrected chi connectivity index (χ4v) is 2.17. The van der Waals surface area contributed by atoms with Gasteiger partial charge in [0, 0.05) is 0 Å². The Morgan fingerprint density at radius 1 is 0.826 bits per heavy atom. The third-order valence-corrected chi connectivity index (χ3v) is 3.51. The van der Waals surface area contributed by atoms with Crippen molar-refractivity contribution in [2.75, 3.05) is 13.2 Å². The molecule has 0 unspecified atom stereocenters. The molecule has 0 fully saturated rings. The third kappa shape index (κ3) is 10.5. The van der Waals surface area contributed by atoms with Gasteiger partial charge >= 0.3 is 11.9 Å². The lowest BCUT2D eigenvalue weighted by Crippen LogP contribution is -2.11. The maximum Gasteiger partial charge on any atom is 0.306 e. The highest BCUT2D eigenvalue weighted by Gasteiger charge is 2.09. The highest BCUT2D eigenvalue weighted by Crippen LogP contribution is 2.04. The summed E-state index contributed by atoms with van der Waals surface area (Å²) in [5.41, 5.74) is 1.23. The molecule has 0 aliphatic rings. The van der Waals surface area contributed by atoms with Crippen molar-refractivity contribution < 1.29 is 19.1 Å². The zero-order chi connectivity index (χ0) is 16.8. The van der Waals surface area contributed by atoms with Crippen molar-refractivity contribution in [3.05, 3.63) is 35.9 Å². The van der Waals surface area contributed by atoms with E-state index in [1.807, 2.05) is 18.2 Å². The second-order valence-electron chi connectivity index (χ2n) is 5.59. The van der Waals surface area contributed by atoms with Gasteiger partial charge in [-0.2, -0.15) is 0 Å². The molecule has 0 bridgehead atoms. The number of benzene rings is 1. The molecule has 1 aromatic rings. The van der Waals surface area contributed by atoms with Gasteiger partial charge in [0.25, 0.3) is 0 Å². The summed E-state index contributed by atoms with van der Waals surface area (Å²) in [6.07, 6.45) is 6.16. The molecule has 0 atom stereocenters. The average Bonchev–Trinajstić information content (AvgIpc) is 2.57. The number of aryl methyl sites for hydroxylation is 1. The SMILES string of the molecule is CCCCCCOC(=O)CCC(=O)OCCCc1ccccc1. The van der Waals surface area contributed by atoms with Crippen LogP contribution in [0.5, 0.6) is 0 Å². The molecule has 0 spiro atoms. The zero-order valence-corrected chi connectivity index (χ0v) is 14.1. The second kappa shape index (κ2) is 12.7. The first-order chi connectivity index (χ1) is 11.2. The minimum absolute atomic E-state index is 0.0964. The number of unbranched alkanes of at least 4 members (excludes halogenated alkanes) is 3. The van der Waals surface area contributed by atoms with Crippen LogP contribution in [0, 0.1) is 0 Å². The van der Waals surface area contributed by atoms with Gasteiger partial charge in [0.05, 0.1) is 26.1 Å². The van der Waals surface area contributed by atoms with Crippen molar-refractivity contribution in [1.82, 2.24) is 0 Å². The van der Waals surface area contributed by atoms with Crippen LogP contribution in [0.2, 0.25) is 0 Å². The minimum Gasteiger partial charge on any atom is -0.466 e. The van der Waals surface area contributed by atoms with E-state index in [0.717, 1.165) is 38.5 Å². The first-order valence-electron chi connectivity index (χ1n) is 8.57. The predicted molar refractivity (Wildman–Crippen MR) is 90.1 cm³/mol. The van der Waals surface area contributed by atoms with Crippen LogP contribution in [-0.4, -0.2) is 25.2 Å². The molecule has 23 heavy (non-hydrogen) atoms. The van der Waals surface area contributed by atoms with Gasteiger partial charge in [-0.3, -0.25) is 9.59 Å². The molecule has 0 saturated carbocycles. The molecular weight excluding hydrogens is 292 g/mol. The van der Waals surface area contributed by atoms with Crippen LogP contribution in [0.15, 0.2) is 30.3 Å². The molecule has 1 rings (SSSR count). The van der Waals surface area contributed by atoms with Crippen LogP contribution >= 0.6 is 0 Å². The Bertz CT molecular complexity index is 442. The number of ether oxygens (including phenoxy) is 2. The molecule has 0 radical (unpaired) electrons. The molecule has 128 valence electrons. The largest absolute Gasteiger partial charge is 0.466 e. The van der Waals surface area contributed by atoms with Gasteiger partial charge in [-0.05, 0) is 24.8 Å². The molecule has 0 amide bonds. The summed E-state index contributed by atoms with van der Waals surface area (Å²) in [6, 6.07) is 10.1. The average molecular weight is 320 g/mol. The lowest BCUT2D eigenvalue weighted by atomic mass is 10.1. The summed E-state index contributed by atoms with van der Waals surface area (Å²) in [5, 5.41) is 0. The van der Waals surface area contributed by atoms with E-state index >= 15 is 0 Å². The highest BCUT2D eigenvalue weighted by molar-refractivity contribution is 5.77. The number of rotatable bonds is 12. The fraction of sp³-hybridized carbons (Fsp3) is 0.579. The summed E-state index contributed by atoms with van der Waals surface area (Å²) in [5.74, 6) is -0.649. The van der Waals surface area contributed by atoms with Gasteiger partial charge < -0.3 is 9.47 Å². The first-order valence-corrected chi connectivity index (χ1v) is 8.57. The van der Waals surface area contributed by atoms with Gasteiger partial charge in [0.2, 0.25) is 0 Å². The van der Waals surface area contributed by atoms with Gasteiger partial charge in [-0.15, -0.1) is 0 Å². The smallest absolute Gasteiger partial charge is 0.306 e. The molecule has 0 saturated heterocycles. The van der Waals surface area contributed by atoms with E-state index in [4.69, 9.17) is 9.47 Å². The lowest BCUT2D eigenvalue weighted by Gasteiger charge is -2.06. The molecule has 0 N–H and O–H groups in total. The van der Waals surface area contributed by atoms with Gasteiger partial charge in [-0.1, -0.05) is 56.5 Å². The first kappa shape index (κ1) is 19.2. The predicted octanol–water partition coefficient (Wildman–Crippen LogP) is 4.07. The van der Waals surface area contributed by atoms with Crippen LogP contribution in [0.1, 0.15) is 57.4 Å². The van der Waals surface area contributed by atoms with E-state index in [9.17, 15) is 9.59 Å². The van der Waals surface area contributed by atoms with Crippen LogP contribution in [-0.2, 0) is 25.5 Å². The van der Waals surface area contributed by atoms with Crippen LogP contribution in [0.4, 0.5) is 0 Å². The Kier molecular flexibility index (Phi) is 10.6. The summed E-state index contributed by atoms with van der Waals surface area (Å²) in [7, 11) is 0. The van der Waals surface area contributed by atoms with Gasteiger partial charge in [0.15, 0.2) is 0 Å². The summed E-state index contributed by atoms with van der Waals surface area (Å²) < 4.78 is 10.2.